The van der Waals surface area contributed by atoms with Gasteiger partial charge in [0.15, 0.2) is 0 Å². The van der Waals surface area contributed by atoms with E-state index in [1.165, 1.54) is 32.8 Å². The van der Waals surface area contributed by atoms with E-state index in [0.717, 1.165) is 25.6 Å². The molecule has 1 saturated carbocycles. The van der Waals surface area contributed by atoms with Crippen molar-refractivity contribution < 1.29 is 9.53 Å². The highest BCUT2D eigenvalue weighted by Crippen LogP contribution is 2.26. The van der Waals surface area contributed by atoms with Crippen LogP contribution in [0.2, 0.25) is 0 Å². The monoisotopic (exact) mass is 254 g/mol. The largest absolute Gasteiger partial charge is 0.468 e. The molecule has 1 aliphatic carbocycles. The molecule has 1 saturated heterocycles. The van der Waals surface area contributed by atoms with Gasteiger partial charge >= 0.3 is 5.97 Å². The first-order valence-electron chi connectivity index (χ1n) is 7.16. The summed E-state index contributed by atoms with van der Waals surface area (Å²) in [7, 11) is 1.48. The van der Waals surface area contributed by atoms with Crippen LogP contribution in [0.15, 0.2) is 0 Å². The second kappa shape index (κ2) is 5.57. The van der Waals surface area contributed by atoms with Gasteiger partial charge in [-0.1, -0.05) is 13.3 Å². The highest BCUT2D eigenvalue weighted by Gasteiger charge is 2.41. The quantitative estimate of drug-likeness (QED) is 0.728. The standard InChI is InChI=1S/C14H26N2O2/c1-4-11-7-8-16(9-11)10-14(2,13(17)18-3)15-12-5-6-12/h11-12,15H,4-10H2,1-3H3. The first-order valence-corrected chi connectivity index (χ1v) is 7.16. The fourth-order valence-electron chi connectivity index (χ4n) is 2.91. The van der Waals surface area contributed by atoms with Crippen LogP contribution in [0, 0.1) is 5.92 Å². The van der Waals surface area contributed by atoms with Crippen LogP contribution in [0.3, 0.4) is 0 Å². The van der Waals surface area contributed by atoms with Crippen molar-refractivity contribution in [3.63, 3.8) is 0 Å². The first-order chi connectivity index (χ1) is 8.57. The number of hydrogen-bond donors (Lipinski definition) is 1. The van der Waals surface area contributed by atoms with Crippen molar-refractivity contribution in [1.82, 2.24) is 10.2 Å². The van der Waals surface area contributed by atoms with Gasteiger partial charge in [-0.2, -0.15) is 0 Å². The second-order valence-corrected chi connectivity index (χ2v) is 6.04. The molecule has 2 fully saturated rings. The van der Waals surface area contributed by atoms with E-state index in [0.29, 0.717) is 6.04 Å². The van der Waals surface area contributed by atoms with E-state index in [1.54, 1.807) is 0 Å². The lowest BCUT2D eigenvalue weighted by atomic mass is 10.0. The van der Waals surface area contributed by atoms with E-state index in [2.05, 4.69) is 17.1 Å². The Labute approximate surface area is 110 Å². The smallest absolute Gasteiger partial charge is 0.327 e. The molecule has 0 aromatic heterocycles. The number of ether oxygens (including phenoxy) is 1. The predicted octanol–water partition coefficient (Wildman–Crippen LogP) is 1.40. The number of rotatable bonds is 6. The Balaban J connectivity index is 1.94. The van der Waals surface area contributed by atoms with Gasteiger partial charge in [-0.05, 0) is 38.6 Å². The van der Waals surface area contributed by atoms with Gasteiger partial charge in [-0.25, -0.2) is 0 Å². The van der Waals surface area contributed by atoms with Gasteiger partial charge in [0.2, 0.25) is 0 Å². The third kappa shape index (κ3) is 3.23. The fraction of sp³-hybridized carbons (Fsp3) is 0.929. The van der Waals surface area contributed by atoms with Crippen molar-refractivity contribution in [1.29, 1.82) is 0 Å². The van der Waals surface area contributed by atoms with Crippen molar-refractivity contribution >= 4 is 5.97 Å². The van der Waals surface area contributed by atoms with Crippen LogP contribution in [-0.4, -0.2) is 49.2 Å². The molecular formula is C14H26N2O2. The van der Waals surface area contributed by atoms with Crippen molar-refractivity contribution in [2.24, 2.45) is 5.92 Å². The SMILES string of the molecule is CCC1CCN(CC(C)(NC2CC2)C(=O)OC)C1. The lowest BCUT2D eigenvalue weighted by molar-refractivity contribution is -0.148. The summed E-state index contributed by atoms with van der Waals surface area (Å²) < 4.78 is 4.98. The average Bonchev–Trinajstić information content (AvgIpc) is 3.04. The van der Waals surface area contributed by atoms with Crippen molar-refractivity contribution in [3.05, 3.63) is 0 Å². The van der Waals surface area contributed by atoms with Gasteiger partial charge in [0.25, 0.3) is 0 Å². The lowest BCUT2D eigenvalue weighted by Gasteiger charge is -2.32. The molecule has 2 atom stereocenters. The van der Waals surface area contributed by atoms with Gasteiger partial charge in [0, 0.05) is 19.1 Å². The van der Waals surface area contributed by atoms with E-state index in [9.17, 15) is 4.79 Å². The summed E-state index contributed by atoms with van der Waals surface area (Å²) in [6, 6.07) is 0.513. The molecule has 2 unspecified atom stereocenters. The highest BCUT2D eigenvalue weighted by molar-refractivity contribution is 5.80. The number of nitrogens with zero attached hydrogens (tertiary/aromatic N) is 1. The van der Waals surface area contributed by atoms with Crippen LogP contribution < -0.4 is 5.32 Å². The molecule has 0 radical (unpaired) electrons. The first kappa shape index (κ1) is 13.8. The molecule has 2 aliphatic rings. The third-order valence-corrected chi connectivity index (χ3v) is 4.22. The molecule has 4 nitrogen and oxygen atoms in total. The molecule has 1 heterocycles. The zero-order valence-electron chi connectivity index (χ0n) is 11.9. The number of methoxy groups -OCH3 is 1. The van der Waals surface area contributed by atoms with Gasteiger partial charge in [-0.15, -0.1) is 0 Å². The van der Waals surface area contributed by atoms with E-state index in [1.807, 2.05) is 6.92 Å². The second-order valence-electron chi connectivity index (χ2n) is 6.04. The van der Waals surface area contributed by atoms with Crippen LogP contribution in [0.25, 0.3) is 0 Å². The molecule has 0 spiro atoms. The molecule has 1 aliphatic heterocycles. The van der Waals surface area contributed by atoms with Crippen molar-refractivity contribution in [2.75, 3.05) is 26.7 Å². The topological polar surface area (TPSA) is 41.6 Å². The molecule has 4 heteroatoms. The molecule has 1 N–H and O–H groups in total. The van der Waals surface area contributed by atoms with Gasteiger partial charge in [-0.3, -0.25) is 10.1 Å². The number of esters is 1. The summed E-state index contributed by atoms with van der Waals surface area (Å²) in [5.74, 6) is 0.669. The van der Waals surface area contributed by atoms with Gasteiger partial charge in [0.05, 0.1) is 7.11 Å². The van der Waals surface area contributed by atoms with Crippen LogP contribution in [0.4, 0.5) is 0 Å². The Hall–Kier alpha value is -0.610. The zero-order valence-corrected chi connectivity index (χ0v) is 11.9. The summed E-state index contributed by atoms with van der Waals surface area (Å²) in [5.41, 5.74) is -0.543. The number of nitrogens with one attached hydrogen (secondary N) is 1. The summed E-state index contributed by atoms with van der Waals surface area (Å²) in [6.45, 7) is 7.23. The van der Waals surface area contributed by atoms with Crippen LogP contribution >= 0.6 is 0 Å². The van der Waals surface area contributed by atoms with E-state index in [4.69, 9.17) is 4.74 Å². The Morgan fingerprint density at radius 2 is 2.17 bits per heavy atom. The maximum atomic E-state index is 12.0. The predicted molar refractivity (Wildman–Crippen MR) is 71.4 cm³/mol. The minimum absolute atomic E-state index is 0.130. The maximum Gasteiger partial charge on any atom is 0.327 e. The Bertz CT molecular complexity index is 304. The average molecular weight is 254 g/mol. The Morgan fingerprint density at radius 3 is 2.67 bits per heavy atom. The summed E-state index contributed by atoms with van der Waals surface area (Å²) >= 11 is 0. The molecule has 0 aromatic rings. The zero-order chi connectivity index (χ0) is 13.2. The number of carbonyl (C=O) groups is 1. The van der Waals surface area contributed by atoms with Crippen LogP contribution in [0.5, 0.6) is 0 Å². The minimum atomic E-state index is -0.543. The molecule has 0 amide bonds. The number of likely N-dealkylation sites (tertiary alicyclic amines) is 1. The Kier molecular flexibility index (Phi) is 4.28. The number of carbonyl (C=O) groups excluding carboxylic acids is 1. The Morgan fingerprint density at radius 1 is 1.44 bits per heavy atom. The highest BCUT2D eigenvalue weighted by atomic mass is 16.5. The van der Waals surface area contributed by atoms with Crippen LogP contribution in [-0.2, 0) is 9.53 Å². The minimum Gasteiger partial charge on any atom is -0.468 e. The maximum absolute atomic E-state index is 12.0. The molecule has 0 bridgehead atoms. The normalized spacial score (nSPS) is 28.1. The van der Waals surface area contributed by atoms with E-state index in [-0.39, 0.29) is 5.97 Å². The molecule has 18 heavy (non-hydrogen) atoms. The fourth-order valence-corrected chi connectivity index (χ4v) is 2.91. The molecule has 0 aromatic carbocycles. The van der Waals surface area contributed by atoms with Crippen molar-refractivity contribution in [2.45, 2.75) is 51.1 Å². The van der Waals surface area contributed by atoms with Crippen molar-refractivity contribution in [3.8, 4) is 0 Å². The summed E-state index contributed by atoms with van der Waals surface area (Å²) in [5, 5.41) is 3.46. The van der Waals surface area contributed by atoms with Gasteiger partial charge < -0.3 is 9.64 Å². The summed E-state index contributed by atoms with van der Waals surface area (Å²) in [4.78, 5) is 14.4. The van der Waals surface area contributed by atoms with Gasteiger partial charge in [0.1, 0.15) is 5.54 Å². The molecule has 104 valence electrons. The number of hydrogen-bond acceptors (Lipinski definition) is 4. The lowest BCUT2D eigenvalue weighted by Crippen LogP contribution is -2.57. The van der Waals surface area contributed by atoms with E-state index >= 15 is 0 Å². The summed E-state index contributed by atoms with van der Waals surface area (Å²) in [6.07, 6.45) is 4.87. The molecule has 2 rings (SSSR count). The third-order valence-electron chi connectivity index (χ3n) is 4.22. The van der Waals surface area contributed by atoms with Crippen LogP contribution in [0.1, 0.15) is 39.5 Å². The molecular weight excluding hydrogens is 228 g/mol. The van der Waals surface area contributed by atoms with E-state index < -0.39 is 5.54 Å².